The number of carbonyl (C=O) groups excluding carboxylic acids is 1. The molecule has 0 radical (unpaired) electrons. The van der Waals surface area contributed by atoms with E-state index in [1.54, 1.807) is 6.07 Å². The number of nitrogens with zero attached hydrogens (tertiary/aromatic N) is 3. The highest BCUT2D eigenvalue weighted by molar-refractivity contribution is 6.00. The van der Waals surface area contributed by atoms with Crippen molar-refractivity contribution in [3.8, 4) is 11.4 Å². The number of hydrogen-bond acceptors (Lipinski definition) is 8. The van der Waals surface area contributed by atoms with Crippen molar-refractivity contribution in [1.82, 2.24) is 15.0 Å². The highest BCUT2D eigenvalue weighted by Gasteiger charge is 2.36. The fraction of sp³-hybridized carbons (Fsp3) is 0.250. The Bertz CT molecular complexity index is 1220. The molecule has 4 rings (SSSR count). The summed E-state index contributed by atoms with van der Waals surface area (Å²) in [5.74, 6) is -2.57. The topological polar surface area (TPSA) is 131 Å². The molecule has 10 heteroatoms. The Labute approximate surface area is 193 Å². The Hall–Kier alpha value is -3.60. The number of ketones is 1. The van der Waals surface area contributed by atoms with Gasteiger partial charge >= 0.3 is 0 Å². The Morgan fingerprint density at radius 1 is 1.24 bits per heavy atom. The third kappa shape index (κ3) is 4.56. The van der Waals surface area contributed by atoms with Gasteiger partial charge in [-0.05, 0) is 29.3 Å². The molecular weight excluding hydrogens is 446 g/mol. The van der Waals surface area contributed by atoms with Gasteiger partial charge in [-0.15, -0.1) is 6.58 Å². The van der Waals surface area contributed by atoms with Crippen molar-refractivity contribution < 1.29 is 28.5 Å². The molecule has 1 aliphatic heterocycles. The monoisotopic (exact) mass is 468 g/mol. The van der Waals surface area contributed by atoms with Crippen molar-refractivity contribution in [2.45, 2.75) is 37.3 Å². The molecule has 2 aromatic heterocycles. The molecule has 1 fully saturated rings. The first kappa shape index (κ1) is 23.6. The zero-order valence-electron chi connectivity index (χ0n) is 17.9. The van der Waals surface area contributed by atoms with Gasteiger partial charge < -0.3 is 20.7 Å². The average Bonchev–Trinajstić information content (AvgIpc) is 2.82. The molecule has 1 saturated heterocycles. The van der Waals surface area contributed by atoms with Crippen molar-refractivity contribution in [1.29, 1.82) is 0 Å². The number of halogens is 2. The van der Waals surface area contributed by atoms with Gasteiger partial charge in [-0.25, -0.2) is 18.7 Å². The number of aromatic nitrogens is 3. The third-order valence-corrected chi connectivity index (χ3v) is 5.65. The average molecular weight is 468 g/mol. The predicted molar refractivity (Wildman–Crippen MR) is 119 cm³/mol. The van der Waals surface area contributed by atoms with Crippen LogP contribution in [-0.2, 0) is 11.2 Å². The molecule has 0 bridgehead atoms. The zero-order valence-corrected chi connectivity index (χ0v) is 17.9. The first-order valence-corrected chi connectivity index (χ1v) is 10.5. The fourth-order valence-electron chi connectivity index (χ4n) is 3.90. The van der Waals surface area contributed by atoms with Gasteiger partial charge in [0, 0.05) is 25.2 Å². The quantitative estimate of drug-likeness (QED) is 0.372. The number of aliphatic hydroxyl groups is 2. The van der Waals surface area contributed by atoms with Crippen LogP contribution in [0.3, 0.4) is 0 Å². The first-order chi connectivity index (χ1) is 16.3. The summed E-state index contributed by atoms with van der Waals surface area (Å²) in [6.45, 7) is 3.62. The lowest BCUT2D eigenvalue weighted by Gasteiger charge is -2.36. The minimum absolute atomic E-state index is 0.0462. The lowest BCUT2D eigenvalue weighted by molar-refractivity contribution is -0.153. The van der Waals surface area contributed by atoms with E-state index in [-0.39, 0.29) is 30.0 Å². The van der Waals surface area contributed by atoms with Gasteiger partial charge in [-0.1, -0.05) is 12.1 Å². The molecule has 1 aliphatic rings. The fourth-order valence-corrected chi connectivity index (χ4v) is 3.90. The third-order valence-electron chi connectivity index (χ3n) is 5.65. The first-order valence-electron chi connectivity index (χ1n) is 10.5. The molecule has 0 spiro atoms. The SMILES string of the molecule is C=C[C@H]1O[C@@H](c2ccncc2CC(=O)c2nc(-c3c(F)cccc3F)ncc2N)C[C@@H](O)[C@@H]1O. The molecule has 4 atom stereocenters. The zero-order chi connectivity index (χ0) is 24.4. The molecule has 0 unspecified atom stereocenters. The van der Waals surface area contributed by atoms with Crippen LogP contribution in [0.25, 0.3) is 11.4 Å². The number of pyridine rings is 1. The molecule has 0 saturated carbocycles. The van der Waals surface area contributed by atoms with E-state index in [0.29, 0.717) is 11.1 Å². The Balaban J connectivity index is 1.64. The lowest BCUT2D eigenvalue weighted by Crippen LogP contribution is -2.44. The maximum Gasteiger partial charge on any atom is 0.187 e. The summed E-state index contributed by atoms with van der Waals surface area (Å²) in [4.78, 5) is 25.1. The van der Waals surface area contributed by atoms with E-state index in [2.05, 4.69) is 21.5 Å². The second-order valence-electron chi connectivity index (χ2n) is 7.89. The van der Waals surface area contributed by atoms with Gasteiger partial charge in [0.05, 0.1) is 29.7 Å². The highest BCUT2D eigenvalue weighted by Crippen LogP contribution is 2.34. The second kappa shape index (κ2) is 9.72. The molecule has 8 nitrogen and oxygen atoms in total. The Kier molecular flexibility index (Phi) is 6.73. The highest BCUT2D eigenvalue weighted by atomic mass is 19.1. The summed E-state index contributed by atoms with van der Waals surface area (Å²) in [6, 6.07) is 4.99. The van der Waals surface area contributed by atoms with E-state index in [1.165, 1.54) is 24.5 Å². The number of aliphatic hydroxyl groups excluding tert-OH is 2. The number of nitrogens with two attached hydrogens (primary N) is 1. The number of nitrogen functional groups attached to an aromatic ring is 1. The van der Waals surface area contributed by atoms with Gasteiger partial charge in [0.1, 0.15) is 29.5 Å². The van der Waals surface area contributed by atoms with E-state index in [9.17, 15) is 23.8 Å². The van der Waals surface area contributed by atoms with Crippen LogP contribution in [0.1, 0.15) is 34.1 Å². The van der Waals surface area contributed by atoms with Crippen LogP contribution >= 0.6 is 0 Å². The number of Topliss-reactive ketones (excluding diaryl/α,β-unsaturated/α-hetero) is 1. The van der Waals surface area contributed by atoms with E-state index in [0.717, 1.165) is 18.3 Å². The normalized spacial score (nSPS) is 22.4. The van der Waals surface area contributed by atoms with Crippen LogP contribution in [0.2, 0.25) is 0 Å². The van der Waals surface area contributed by atoms with Crippen LogP contribution in [0, 0.1) is 11.6 Å². The molecule has 0 amide bonds. The van der Waals surface area contributed by atoms with Crippen LogP contribution in [0.15, 0.2) is 55.5 Å². The Morgan fingerprint density at radius 3 is 2.68 bits per heavy atom. The maximum absolute atomic E-state index is 14.2. The van der Waals surface area contributed by atoms with Crippen LogP contribution in [0.5, 0.6) is 0 Å². The van der Waals surface area contributed by atoms with E-state index in [1.807, 2.05) is 0 Å². The number of carbonyl (C=O) groups is 1. The Morgan fingerprint density at radius 2 is 1.97 bits per heavy atom. The molecule has 34 heavy (non-hydrogen) atoms. The molecule has 1 aromatic carbocycles. The largest absolute Gasteiger partial charge is 0.396 e. The van der Waals surface area contributed by atoms with Gasteiger partial charge in [0.15, 0.2) is 11.6 Å². The summed E-state index contributed by atoms with van der Waals surface area (Å²) in [5, 5.41) is 20.3. The summed E-state index contributed by atoms with van der Waals surface area (Å²) in [7, 11) is 0. The summed E-state index contributed by atoms with van der Waals surface area (Å²) in [5.41, 5.74) is 6.29. The number of ether oxygens (including phenoxy) is 1. The minimum Gasteiger partial charge on any atom is -0.396 e. The number of anilines is 1. The van der Waals surface area contributed by atoms with E-state index >= 15 is 0 Å². The van der Waals surface area contributed by atoms with Crippen molar-refractivity contribution in [3.63, 3.8) is 0 Å². The van der Waals surface area contributed by atoms with Crippen LogP contribution in [-0.4, -0.2) is 49.3 Å². The van der Waals surface area contributed by atoms with Gasteiger partial charge in [-0.3, -0.25) is 9.78 Å². The van der Waals surface area contributed by atoms with Crippen molar-refractivity contribution in [2.75, 3.05) is 5.73 Å². The summed E-state index contributed by atoms with van der Waals surface area (Å²) < 4.78 is 34.2. The predicted octanol–water partition coefficient (Wildman–Crippen LogP) is 2.56. The molecule has 3 aromatic rings. The molecule has 3 heterocycles. The standard InChI is InChI=1S/C24H22F2N4O4/c1-2-19-23(33)18(32)9-20(34-19)13-6-7-28-10-12(13)8-17(31)22-16(27)11-29-24(30-22)21-14(25)4-3-5-15(21)26/h2-7,10-11,18-20,23,32-33H,1,8-9,27H2/t18-,19-,20-,23+/m1/s1. The molecule has 176 valence electrons. The number of benzene rings is 1. The van der Waals surface area contributed by atoms with Crippen molar-refractivity contribution >= 4 is 11.5 Å². The molecular formula is C24H22F2N4O4. The summed E-state index contributed by atoms with van der Waals surface area (Å²) in [6.07, 6.45) is 1.85. The van der Waals surface area contributed by atoms with Gasteiger partial charge in [0.2, 0.25) is 0 Å². The van der Waals surface area contributed by atoms with Crippen molar-refractivity contribution in [2.24, 2.45) is 0 Å². The number of rotatable bonds is 6. The van der Waals surface area contributed by atoms with E-state index < -0.39 is 47.4 Å². The van der Waals surface area contributed by atoms with Crippen molar-refractivity contribution in [3.05, 3.63) is 84.0 Å². The minimum atomic E-state index is -1.11. The van der Waals surface area contributed by atoms with Gasteiger partial charge in [-0.2, -0.15) is 0 Å². The maximum atomic E-state index is 14.2. The van der Waals surface area contributed by atoms with E-state index in [4.69, 9.17) is 10.5 Å². The molecule has 4 N–H and O–H groups in total. The second-order valence-corrected chi connectivity index (χ2v) is 7.89. The summed E-state index contributed by atoms with van der Waals surface area (Å²) >= 11 is 0. The van der Waals surface area contributed by atoms with Crippen LogP contribution in [0.4, 0.5) is 14.5 Å². The number of hydrogen-bond donors (Lipinski definition) is 3. The smallest absolute Gasteiger partial charge is 0.187 e. The van der Waals surface area contributed by atoms with Crippen LogP contribution < -0.4 is 5.73 Å². The van der Waals surface area contributed by atoms with Gasteiger partial charge in [0.25, 0.3) is 0 Å². The molecule has 0 aliphatic carbocycles. The lowest BCUT2D eigenvalue weighted by atomic mass is 9.91.